The predicted octanol–water partition coefficient (Wildman–Crippen LogP) is 1.77. The molecule has 0 saturated carbocycles. The van der Waals surface area contributed by atoms with E-state index in [4.69, 9.17) is 11.5 Å². The molecule has 2 heterocycles. The van der Waals surface area contributed by atoms with Crippen LogP contribution in [-0.2, 0) is 4.79 Å². The maximum Gasteiger partial charge on any atom is 0.263 e. The van der Waals surface area contributed by atoms with E-state index in [0.29, 0.717) is 22.8 Å². The van der Waals surface area contributed by atoms with Crippen LogP contribution in [0.5, 0.6) is 0 Å². The number of fused-ring (bicyclic) bond motifs is 1. The van der Waals surface area contributed by atoms with Gasteiger partial charge in [0.05, 0.1) is 28.4 Å². The van der Waals surface area contributed by atoms with Crippen molar-refractivity contribution in [1.82, 2.24) is 10.6 Å². The molecule has 0 radical (unpaired) electrons. The summed E-state index contributed by atoms with van der Waals surface area (Å²) in [6.45, 7) is 5.15. The second-order valence-electron chi connectivity index (χ2n) is 7.62. The minimum absolute atomic E-state index is 0.143. The number of hydrogen-bond donors (Lipinski definition) is 5. The highest BCUT2D eigenvalue weighted by Crippen LogP contribution is 2.52. The number of hydrogen-bond acceptors (Lipinski definition) is 7. The molecule has 1 unspecified atom stereocenters. The van der Waals surface area contributed by atoms with Crippen LogP contribution in [-0.4, -0.2) is 34.0 Å². The number of guanidine groups is 1. The quantitative estimate of drug-likeness (QED) is 0.492. The van der Waals surface area contributed by atoms with Crippen molar-refractivity contribution in [3.63, 3.8) is 0 Å². The van der Waals surface area contributed by atoms with E-state index in [9.17, 15) is 18.7 Å². The van der Waals surface area contributed by atoms with E-state index in [2.05, 4.69) is 15.6 Å². The smallest absolute Gasteiger partial charge is 0.263 e. The summed E-state index contributed by atoms with van der Waals surface area (Å²) < 4.78 is 26.5. The summed E-state index contributed by atoms with van der Waals surface area (Å²) in [6, 6.07) is 5.89. The van der Waals surface area contributed by atoms with Crippen LogP contribution in [0.1, 0.15) is 38.3 Å². The summed E-state index contributed by atoms with van der Waals surface area (Å²) in [7, 11) is 0. The highest BCUT2D eigenvalue weighted by atomic mass is 32.2. The fourth-order valence-corrected chi connectivity index (χ4v) is 4.35. The maximum absolute atomic E-state index is 13.2. The number of primary amides is 1. The lowest BCUT2D eigenvalue weighted by Crippen LogP contribution is -2.53. The lowest BCUT2D eigenvalue weighted by atomic mass is 9.95. The van der Waals surface area contributed by atoms with Crippen molar-refractivity contribution in [1.29, 1.82) is 0 Å². The van der Waals surface area contributed by atoms with Gasteiger partial charge in [-0.1, -0.05) is 30.0 Å². The summed E-state index contributed by atoms with van der Waals surface area (Å²) in [4.78, 5) is 15.7. The molecule has 1 atom stereocenters. The Labute approximate surface area is 171 Å². The van der Waals surface area contributed by atoms with Gasteiger partial charge in [-0.3, -0.25) is 4.79 Å². The second kappa shape index (κ2) is 7.34. The number of benzene rings is 1. The number of halogens is 2. The number of aliphatic hydroxyl groups is 1. The average Bonchev–Trinajstić information content (AvgIpc) is 2.92. The Hall–Kier alpha value is -2.59. The normalized spacial score (nSPS) is 21.8. The fraction of sp³-hybridized carbons (Fsp3) is 0.368. The van der Waals surface area contributed by atoms with Crippen molar-refractivity contribution in [2.75, 3.05) is 6.61 Å². The van der Waals surface area contributed by atoms with Crippen LogP contribution in [0.15, 0.2) is 45.4 Å². The Balaban J connectivity index is 2.17. The van der Waals surface area contributed by atoms with Crippen LogP contribution in [0.2, 0.25) is 0 Å². The number of alkyl halides is 2. The molecule has 10 heteroatoms. The van der Waals surface area contributed by atoms with Crippen LogP contribution in [0.25, 0.3) is 5.70 Å². The third-order valence-electron chi connectivity index (χ3n) is 4.60. The van der Waals surface area contributed by atoms with Crippen molar-refractivity contribution in [3.8, 4) is 0 Å². The van der Waals surface area contributed by atoms with Crippen LogP contribution >= 0.6 is 11.8 Å². The number of nitrogens with two attached hydrogens (primary N) is 2. The standard InChI is InChI=1S/C19H23F2N5O2S/c1-18(2,8-27)25-17-24-13(9-5-4-6-10(7-9)15(20)21)11-12(22)14(16(23)28)29-19(11,3)26-17/h4-7,15,27H,8,22H2,1-3H3,(H2,23,28)(H2,24,25,26). The Bertz CT molecular complexity index is 958. The number of aliphatic imine (C=N–C) groups is 1. The first-order valence-corrected chi connectivity index (χ1v) is 9.67. The van der Waals surface area contributed by atoms with Gasteiger partial charge in [0.2, 0.25) is 0 Å². The first kappa shape index (κ1) is 21.1. The van der Waals surface area contributed by atoms with Gasteiger partial charge in [0, 0.05) is 11.1 Å². The largest absolute Gasteiger partial charge is 0.397 e. The zero-order valence-corrected chi connectivity index (χ0v) is 17.0. The van der Waals surface area contributed by atoms with E-state index < -0.39 is 22.7 Å². The first-order chi connectivity index (χ1) is 13.5. The minimum atomic E-state index is -2.64. The molecular formula is C19H23F2N5O2S. The monoisotopic (exact) mass is 423 g/mol. The molecule has 156 valence electrons. The third-order valence-corrected chi connectivity index (χ3v) is 5.92. The van der Waals surface area contributed by atoms with E-state index in [0.717, 1.165) is 11.8 Å². The van der Waals surface area contributed by atoms with Crippen LogP contribution in [0, 0.1) is 0 Å². The van der Waals surface area contributed by atoms with Crippen molar-refractivity contribution in [2.24, 2.45) is 16.5 Å². The van der Waals surface area contributed by atoms with Gasteiger partial charge in [-0.25, -0.2) is 13.8 Å². The van der Waals surface area contributed by atoms with Gasteiger partial charge < -0.3 is 27.2 Å². The Morgan fingerprint density at radius 2 is 2.14 bits per heavy atom. The number of thioether (sulfide) groups is 1. The molecule has 0 bridgehead atoms. The van der Waals surface area contributed by atoms with Gasteiger partial charge in [-0.2, -0.15) is 0 Å². The van der Waals surface area contributed by atoms with Gasteiger partial charge in [-0.05, 0) is 32.4 Å². The van der Waals surface area contributed by atoms with E-state index in [1.54, 1.807) is 26.8 Å². The summed E-state index contributed by atoms with van der Waals surface area (Å²) in [5, 5.41) is 15.8. The molecule has 0 aromatic heterocycles. The third kappa shape index (κ3) is 3.95. The number of rotatable bonds is 5. The van der Waals surface area contributed by atoms with E-state index >= 15 is 0 Å². The summed E-state index contributed by atoms with van der Waals surface area (Å²) >= 11 is 1.10. The molecule has 0 aliphatic carbocycles. The number of nitrogens with zero attached hydrogens (tertiary/aromatic N) is 1. The van der Waals surface area contributed by atoms with Crippen LogP contribution < -0.4 is 22.1 Å². The first-order valence-electron chi connectivity index (χ1n) is 8.85. The molecule has 2 aliphatic rings. The molecule has 0 fully saturated rings. The van der Waals surface area contributed by atoms with Crippen molar-refractivity contribution >= 4 is 29.3 Å². The number of nitrogens with one attached hydrogen (secondary N) is 2. The average molecular weight is 423 g/mol. The van der Waals surface area contributed by atoms with Gasteiger partial charge in [0.15, 0.2) is 5.96 Å². The summed E-state index contributed by atoms with van der Waals surface area (Å²) in [5.74, 6) is -0.365. The topological polar surface area (TPSA) is 126 Å². The van der Waals surface area contributed by atoms with Crippen LogP contribution in [0.4, 0.5) is 8.78 Å². The van der Waals surface area contributed by atoms with Gasteiger partial charge in [0.25, 0.3) is 12.3 Å². The molecule has 1 amide bonds. The Morgan fingerprint density at radius 1 is 1.45 bits per heavy atom. The molecule has 3 rings (SSSR count). The number of amides is 1. The highest BCUT2D eigenvalue weighted by Gasteiger charge is 2.46. The van der Waals surface area contributed by atoms with E-state index in [1.807, 2.05) is 0 Å². The maximum atomic E-state index is 13.2. The molecule has 2 aliphatic heterocycles. The SMILES string of the molecule is CC(C)(CO)NC1=NC2(C)SC(C(N)=O)=C(N)C2=C(c2cccc(C(F)F)c2)N1. The number of carbonyl (C=O) groups is 1. The van der Waals surface area contributed by atoms with Crippen molar-refractivity contribution in [3.05, 3.63) is 51.6 Å². The Morgan fingerprint density at radius 3 is 2.72 bits per heavy atom. The predicted molar refractivity (Wildman–Crippen MR) is 110 cm³/mol. The number of carbonyl (C=O) groups excluding carboxylic acids is 1. The highest BCUT2D eigenvalue weighted by molar-refractivity contribution is 8.05. The van der Waals surface area contributed by atoms with Gasteiger partial charge >= 0.3 is 0 Å². The van der Waals surface area contributed by atoms with Gasteiger partial charge in [-0.15, -0.1) is 0 Å². The van der Waals surface area contributed by atoms with E-state index in [1.165, 1.54) is 18.2 Å². The van der Waals surface area contributed by atoms with Crippen LogP contribution in [0.3, 0.4) is 0 Å². The summed E-state index contributed by atoms with van der Waals surface area (Å²) in [5.41, 5.74) is 12.4. The Kier molecular flexibility index (Phi) is 5.35. The van der Waals surface area contributed by atoms with Crippen molar-refractivity contribution < 1.29 is 18.7 Å². The lowest BCUT2D eigenvalue weighted by Gasteiger charge is -2.35. The minimum Gasteiger partial charge on any atom is -0.397 e. The lowest BCUT2D eigenvalue weighted by molar-refractivity contribution is -0.113. The molecule has 7 N–H and O–H groups in total. The fourth-order valence-electron chi connectivity index (χ4n) is 3.18. The molecule has 0 spiro atoms. The van der Waals surface area contributed by atoms with Gasteiger partial charge in [0.1, 0.15) is 4.87 Å². The zero-order valence-electron chi connectivity index (χ0n) is 16.2. The van der Waals surface area contributed by atoms with Crippen molar-refractivity contribution in [2.45, 2.75) is 37.6 Å². The molecular weight excluding hydrogens is 400 g/mol. The molecule has 7 nitrogen and oxygen atoms in total. The second-order valence-corrected chi connectivity index (χ2v) is 9.03. The molecule has 1 aromatic rings. The summed E-state index contributed by atoms with van der Waals surface area (Å²) in [6.07, 6.45) is -2.64. The van der Waals surface area contributed by atoms with E-state index in [-0.39, 0.29) is 22.8 Å². The molecule has 1 aromatic carbocycles. The zero-order chi connectivity index (χ0) is 21.6. The number of aliphatic hydroxyl groups excluding tert-OH is 1. The molecule has 0 saturated heterocycles. The molecule has 29 heavy (non-hydrogen) atoms.